The molecule has 5 nitrogen and oxygen atoms in total. The van der Waals surface area contributed by atoms with Crippen LogP contribution in [0.15, 0.2) is 34.6 Å². The average Bonchev–Trinajstić information content (AvgIpc) is 3.05. The first kappa shape index (κ1) is 17.3. The van der Waals surface area contributed by atoms with Crippen LogP contribution in [0.1, 0.15) is 30.1 Å². The van der Waals surface area contributed by atoms with E-state index in [1.54, 1.807) is 18.4 Å². The van der Waals surface area contributed by atoms with Gasteiger partial charge in [0.05, 0.1) is 30.9 Å². The van der Waals surface area contributed by atoms with Crippen LogP contribution in [-0.4, -0.2) is 24.6 Å². The van der Waals surface area contributed by atoms with Gasteiger partial charge in [-0.25, -0.2) is 9.98 Å². The van der Waals surface area contributed by atoms with Gasteiger partial charge in [-0.05, 0) is 31.0 Å². The minimum absolute atomic E-state index is 0.601. The summed E-state index contributed by atoms with van der Waals surface area (Å²) in [6.07, 6.45) is 0.981. The number of thiazole rings is 1. The van der Waals surface area contributed by atoms with Gasteiger partial charge < -0.3 is 15.4 Å². The molecule has 6 heteroatoms. The molecular weight excluding hydrogens is 308 g/mol. The Labute approximate surface area is 141 Å². The van der Waals surface area contributed by atoms with Gasteiger partial charge in [-0.1, -0.05) is 19.1 Å². The van der Waals surface area contributed by atoms with E-state index in [1.807, 2.05) is 24.3 Å². The molecule has 124 valence electrons. The Balaban J connectivity index is 1.95. The van der Waals surface area contributed by atoms with Gasteiger partial charge in [0.1, 0.15) is 5.75 Å². The second-order valence-corrected chi connectivity index (χ2v) is 5.93. The summed E-state index contributed by atoms with van der Waals surface area (Å²) in [5, 5.41) is 9.84. The fraction of sp³-hybridized carbons (Fsp3) is 0.412. The van der Waals surface area contributed by atoms with Crippen molar-refractivity contribution in [2.45, 2.75) is 33.4 Å². The van der Waals surface area contributed by atoms with Crippen LogP contribution in [0.2, 0.25) is 0 Å². The van der Waals surface area contributed by atoms with Crippen molar-refractivity contribution in [1.82, 2.24) is 15.6 Å². The number of aromatic nitrogens is 1. The molecule has 1 aromatic heterocycles. The quantitative estimate of drug-likeness (QED) is 0.604. The highest BCUT2D eigenvalue weighted by Gasteiger charge is 2.03. The van der Waals surface area contributed by atoms with Crippen LogP contribution >= 0.6 is 11.3 Å². The smallest absolute Gasteiger partial charge is 0.191 e. The standard InChI is InChI=1S/C17H24N4OS/c1-4-16-21-14(12-23-16)11-20-17(18-5-2)19-10-13-7-6-8-15(9-13)22-3/h6-9,12H,4-5,10-11H2,1-3H3,(H2,18,19,20). The van der Waals surface area contributed by atoms with E-state index in [-0.39, 0.29) is 0 Å². The molecule has 1 aromatic carbocycles. The lowest BCUT2D eigenvalue weighted by molar-refractivity contribution is 0.414. The van der Waals surface area contributed by atoms with Crippen LogP contribution < -0.4 is 15.4 Å². The number of hydrogen-bond donors (Lipinski definition) is 2. The Kier molecular flexibility index (Phi) is 6.87. The predicted molar refractivity (Wildman–Crippen MR) is 96.1 cm³/mol. The third-order valence-electron chi connectivity index (χ3n) is 3.24. The molecule has 2 N–H and O–H groups in total. The maximum absolute atomic E-state index is 5.24. The van der Waals surface area contributed by atoms with Crippen LogP contribution in [0.5, 0.6) is 5.75 Å². The van der Waals surface area contributed by atoms with E-state index in [2.05, 4.69) is 39.8 Å². The Bertz CT molecular complexity index is 639. The molecule has 0 bridgehead atoms. The van der Waals surface area contributed by atoms with Crippen molar-refractivity contribution in [1.29, 1.82) is 0 Å². The molecule has 0 saturated carbocycles. The fourth-order valence-corrected chi connectivity index (χ4v) is 2.79. The number of benzene rings is 1. The number of rotatable bonds is 7. The van der Waals surface area contributed by atoms with Gasteiger partial charge in [0, 0.05) is 11.9 Å². The van der Waals surface area contributed by atoms with E-state index >= 15 is 0 Å². The first-order valence-electron chi connectivity index (χ1n) is 7.83. The molecule has 2 rings (SSSR count). The molecule has 0 radical (unpaired) electrons. The van der Waals surface area contributed by atoms with Crippen molar-refractivity contribution in [2.24, 2.45) is 4.99 Å². The second-order valence-electron chi connectivity index (χ2n) is 4.99. The summed E-state index contributed by atoms with van der Waals surface area (Å²) < 4.78 is 5.24. The van der Waals surface area contributed by atoms with E-state index in [0.717, 1.165) is 35.9 Å². The monoisotopic (exact) mass is 332 g/mol. The van der Waals surface area contributed by atoms with Gasteiger partial charge in [0.15, 0.2) is 5.96 Å². The lowest BCUT2D eigenvalue weighted by Crippen LogP contribution is -2.36. The number of guanidine groups is 1. The number of aliphatic imine (C=N–C) groups is 1. The molecule has 0 aliphatic carbocycles. The molecule has 0 atom stereocenters. The molecule has 1 heterocycles. The van der Waals surface area contributed by atoms with E-state index in [1.165, 1.54) is 5.01 Å². The molecule has 0 amide bonds. The largest absolute Gasteiger partial charge is 0.497 e. The van der Waals surface area contributed by atoms with E-state index in [4.69, 9.17) is 4.74 Å². The van der Waals surface area contributed by atoms with Gasteiger partial charge in [-0.2, -0.15) is 0 Å². The number of aryl methyl sites for hydroxylation is 1. The average molecular weight is 332 g/mol. The first-order chi connectivity index (χ1) is 11.2. The number of nitrogens with zero attached hydrogens (tertiary/aromatic N) is 2. The highest BCUT2D eigenvalue weighted by atomic mass is 32.1. The van der Waals surface area contributed by atoms with E-state index < -0.39 is 0 Å². The van der Waals surface area contributed by atoms with Gasteiger partial charge in [0.25, 0.3) is 0 Å². The highest BCUT2D eigenvalue weighted by Crippen LogP contribution is 2.13. The molecule has 0 aliphatic heterocycles. The maximum atomic E-state index is 5.24. The summed E-state index contributed by atoms with van der Waals surface area (Å²) in [5.41, 5.74) is 2.17. The SMILES string of the molecule is CCNC(=NCc1cccc(OC)c1)NCc1csc(CC)n1. The molecular formula is C17H24N4OS. The normalized spacial score (nSPS) is 11.3. The number of hydrogen-bond acceptors (Lipinski definition) is 4. The lowest BCUT2D eigenvalue weighted by atomic mass is 10.2. The topological polar surface area (TPSA) is 58.5 Å². The number of methoxy groups -OCH3 is 1. The van der Waals surface area contributed by atoms with Crippen LogP contribution in [0.4, 0.5) is 0 Å². The molecule has 0 spiro atoms. The van der Waals surface area contributed by atoms with Crippen LogP contribution in [-0.2, 0) is 19.5 Å². The summed E-state index contributed by atoms with van der Waals surface area (Å²) in [4.78, 5) is 9.17. The van der Waals surface area contributed by atoms with E-state index in [9.17, 15) is 0 Å². The van der Waals surface area contributed by atoms with Crippen LogP contribution in [0.3, 0.4) is 0 Å². The van der Waals surface area contributed by atoms with Crippen LogP contribution in [0, 0.1) is 0 Å². The highest BCUT2D eigenvalue weighted by molar-refractivity contribution is 7.09. The van der Waals surface area contributed by atoms with Crippen molar-refractivity contribution in [2.75, 3.05) is 13.7 Å². The maximum Gasteiger partial charge on any atom is 0.191 e. The predicted octanol–water partition coefficient (Wildman–Crippen LogP) is 2.97. The summed E-state index contributed by atoms with van der Waals surface area (Å²) in [6.45, 7) is 6.28. The molecule has 0 unspecified atom stereocenters. The Morgan fingerprint density at radius 1 is 1.30 bits per heavy atom. The molecule has 0 aliphatic rings. The summed E-state index contributed by atoms with van der Waals surface area (Å²) in [7, 11) is 1.67. The molecule has 23 heavy (non-hydrogen) atoms. The molecule has 0 fully saturated rings. The van der Waals surface area contributed by atoms with Gasteiger partial charge in [-0.15, -0.1) is 11.3 Å². The second kappa shape index (κ2) is 9.15. The fourth-order valence-electron chi connectivity index (χ4n) is 2.05. The third-order valence-corrected chi connectivity index (χ3v) is 4.28. The van der Waals surface area contributed by atoms with Gasteiger partial charge in [0.2, 0.25) is 0 Å². The van der Waals surface area contributed by atoms with Crippen molar-refractivity contribution in [3.63, 3.8) is 0 Å². The van der Waals surface area contributed by atoms with Crippen molar-refractivity contribution >= 4 is 17.3 Å². The van der Waals surface area contributed by atoms with E-state index in [0.29, 0.717) is 13.1 Å². The summed E-state index contributed by atoms with van der Waals surface area (Å²) in [6, 6.07) is 7.96. The third kappa shape index (κ3) is 5.56. The first-order valence-corrected chi connectivity index (χ1v) is 8.71. The summed E-state index contributed by atoms with van der Waals surface area (Å²) >= 11 is 1.70. The zero-order valence-electron chi connectivity index (χ0n) is 13.9. The Hall–Kier alpha value is -2.08. The zero-order valence-corrected chi connectivity index (χ0v) is 14.7. The van der Waals surface area contributed by atoms with Crippen molar-refractivity contribution < 1.29 is 4.74 Å². The minimum atomic E-state index is 0.601. The van der Waals surface area contributed by atoms with Crippen molar-refractivity contribution in [3.8, 4) is 5.75 Å². The molecule has 0 saturated heterocycles. The number of nitrogens with one attached hydrogen (secondary N) is 2. The summed E-state index contributed by atoms with van der Waals surface area (Å²) in [5.74, 6) is 1.64. The minimum Gasteiger partial charge on any atom is -0.497 e. The van der Waals surface area contributed by atoms with Crippen molar-refractivity contribution in [3.05, 3.63) is 45.9 Å². The van der Waals surface area contributed by atoms with Gasteiger partial charge in [-0.3, -0.25) is 0 Å². The Morgan fingerprint density at radius 3 is 2.87 bits per heavy atom. The lowest BCUT2D eigenvalue weighted by Gasteiger charge is -2.10. The molecule has 2 aromatic rings. The number of ether oxygens (including phenoxy) is 1. The zero-order chi connectivity index (χ0) is 16.5. The van der Waals surface area contributed by atoms with Crippen LogP contribution in [0.25, 0.3) is 0 Å². The van der Waals surface area contributed by atoms with Gasteiger partial charge >= 0.3 is 0 Å². The Morgan fingerprint density at radius 2 is 2.17 bits per heavy atom.